The molecule has 5 rings (SSSR count). The van der Waals surface area contributed by atoms with E-state index >= 15 is 0 Å². The minimum Gasteiger partial charge on any atom is -0.368 e. The molecule has 132 valence electrons. The number of primary amides is 1. The van der Waals surface area contributed by atoms with Crippen LogP contribution in [0.1, 0.15) is 64.2 Å². The maximum absolute atomic E-state index is 13.1. The van der Waals surface area contributed by atoms with Gasteiger partial charge < -0.3 is 11.1 Å². The number of hydrogen-bond donors (Lipinski definition) is 2. The van der Waals surface area contributed by atoms with Crippen molar-refractivity contribution in [2.75, 3.05) is 0 Å². The first-order chi connectivity index (χ1) is 11.4. The zero-order valence-corrected chi connectivity index (χ0v) is 14.3. The second-order valence-electron chi connectivity index (χ2n) is 8.95. The Kier molecular flexibility index (Phi) is 3.92. The molecule has 0 spiro atoms. The second kappa shape index (κ2) is 5.85. The summed E-state index contributed by atoms with van der Waals surface area (Å²) in [4.78, 5) is 36.8. The van der Waals surface area contributed by atoms with Crippen molar-refractivity contribution in [3.63, 3.8) is 0 Å². The van der Waals surface area contributed by atoms with Crippen molar-refractivity contribution < 1.29 is 14.4 Å². The van der Waals surface area contributed by atoms with E-state index in [1.165, 1.54) is 19.3 Å². The summed E-state index contributed by atoms with van der Waals surface area (Å²) in [6.07, 6.45) is 9.30. The van der Waals surface area contributed by atoms with Crippen LogP contribution in [0.4, 0.5) is 0 Å². The van der Waals surface area contributed by atoms with Crippen LogP contribution < -0.4 is 11.1 Å². The molecule has 0 aliphatic heterocycles. The zero-order chi connectivity index (χ0) is 16.9. The van der Waals surface area contributed by atoms with Crippen LogP contribution in [0, 0.1) is 29.1 Å². The molecule has 3 N–H and O–H groups in total. The van der Waals surface area contributed by atoms with Crippen LogP contribution in [-0.2, 0) is 14.4 Å². The summed E-state index contributed by atoms with van der Waals surface area (Å²) in [7, 11) is 0. The third-order valence-electron chi connectivity index (χ3n) is 7.10. The number of ketones is 1. The summed E-state index contributed by atoms with van der Waals surface area (Å²) >= 11 is 0. The van der Waals surface area contributed by atoms with Gasteiger partial charge in [0.15, 0.2) is 0 Å². The van der Waals surface area contributed by atoms with Gasteiger partial charge in [0.05, 0.1) is 0 Å². The van der Waals surface area contributed by atoms with Crippen molar-refractivity contribution in [3.05, 3.63) is 0 Å². The molecule has 4 bridgehead atoms. The van der Waals surface area contributed by atoms with Gasteiger partial charge in [-0.3, -0.25) is 14.4 Å². The van der Waals surface area contributed by atoms with Gasteiger partial charge in [0, 0.05) is 18.3 Å². The Morgan fingerprint density at radius 1 is 1.08 bits per heavy atom. The number of carbonyl (C=O) groups is 3. The number of carbonyl (C=O) groups excluding carboxylic acids is 3. The number of rotatable bonds is 4. The van der Waals surface area contributed by atoms with Crippen molar-refractivity contribution in [1.29, 1.82) is 0 Å². The summed E-state index contributed by atoms with van der Waals surface area (Å²) in [6, 6.07) is -0.685. The molecule has 5 heteroatoms. The van der Waals surface area contributed by atoms with Crippen LogP contribution in [-0.4, -0.2) is 23.6 Å². The number of amides is 2. The SMILES string of the molecule is NC(=O)[C@H](NC(=O)C12CC3CC(CC(C3)C1)C2)[C@H]1CCCC(=O)C1. The fourth-order valence-corrected chi connectivity index (χ4v) is 6.45. The van der Waals surface area contributed by atoms with Crippen molar-refractivity contribution in [2.24, 2.45) is 34.8 Å². The Hall–Kier alpha value is -1.39. The highest BCUT2D eigenvalue weighted by Gasteiger charge is 2.55. The quantitative estimate of drug-likeness (QED) is 0.824. The number of nitrogens with two attached hydrogens (primary N) is 1. The lowest BCUT2D eigenvalue weighted by atomic mass is 9.49. The average molecular weight is 332 g/mol. The number of hydrogen-bond acceptors (Lipinski definition) is 3. The predicted octanol–water partition coefficient (Wildman–Crippen LogP) is 1.93. The Morgan fingerprint density at radius 2 is 1.67 bits per heavy atom. The zero-order valence-electron chi connectivity index (χ0n) is 14.3. The molecule has 0 aromatic rings. The normalized spacial score (nSPS) is 41.9. The van der Waals surface area contributed by atoms with Gasteiger partial charge in [-0.2, -0.15) is 0 Å². The molecular weight excluding hydrogens is 304 g/mol. The van der Waals surface area contributed by atoms with E-state index in [1.807, 2.05) is 0 Å². The van der Waals surface area contributed by atoms with Gasteiger partial charge in [-0.1, -0.05) is 0 Å². The predicted molar refractivity (Wildman–Crippen MR) is 88.7 cm³/mol. The van der Waals surface area contributed by atoms with E-state index in [9.17, 15) is 14.4 Å². The van der Waals surface area contributed by atoms with Gasteiger partial charge in [0.2, 0.25) is 11.8 Å². The molecule has 2 amide bonds. The Balaban J connectivity index is 1.49. The highest BCUT2D eigenvalue weighted by atomic mass is 16.2. The standard InChI is InChI=1S/C19H28N2O3/c20-17(23)16(14-2-1-3-15(22)7-14)21-18(24)19-8-11-4-12(9-19)6-13(5-11)10-19/h11-14,16H,1-10H2,(H2,20,23)(H,21,24)/t11?,12?,13?,14-,16+,19?/m0/s1. The first-order valence-electron chi connectivity index (χ1n) is 9.57. The summed E-state index contributed by atoms with van der Waals surface area (Å²) in [6.45, 7) is 0. The van der Waals surface area contributed by atoms with E-state index in [0.717, 1.165) is 32.1 Å². The Bertz CT molecular complexity index is 536. The van der Waals surface area contributed by atoms with Crippen molar-refractivity contribution in [3.8, 4) is 0 Å². The smallest absolute Gasteiger partial charge is 0.240 e. The van der Waals surface area contributed by atoms with Crippen LogP contribution >= 0.6 is 0 Å². The first kappa shape index (κ1) is 16.1. The highest BCUT2D eigenvalue weighted by Crippen LogP contribution is 2.60. The third kappa shape index (κ3) is 2.76. The van der Waals surface area contributed by atoms with E-state index in [4.69, 9.17) is 5.73 Å². The van der Waals surface area contributed by atoms with Crippen molar-refractivity contribution in [2.45, 2.75) is 70.3 Å². The molecule has 0 unspecified atom stereocenters. The minimum absolute atomic E-state index is 0.0309. The maximum atomic E-state index is 13.1. The molecule has 0 saturated heterocycles. The van der Waals surface area contributed by atoms with Crippen LogP contribution in [0.15, 0.2) is 0 Å². The summed E-state index contributed by atoms with van der Waals surface area (Å²) in [5, 5.41) is 3.00. The largest absolute Gasteiger partial charge is 0.368 e. The second-order valence-corrected chi connectivity index (χ2v) is 8.95. The van der Waals surface area contributed by atoms with Gasteiger partial charge in [-0.15, -0.1) is 0 Å². The maximum Gasteiger partial charge on any atom is 0.240 e. The van der Waals surface area contributed by atoms with Crippen molar-refractivity contribution >= 4 is 17.6 Å². The molecular formula is C19H28N2O3. The molecule has 2 atom stereocenters. The molecule has 5 saturated carbocycles. The van der Waals surface area contributed by atoms with E-state index in [-0.39, 0.29) is 23.0 Å². The van der Waals surface area contributed by atoms with Gasteiger partial charge >= 0.3 is 0 Å². The molecule has 5 aliphatic rings. The lowest BCUT2D eigenvalue weighted by molar-refractivity contribution is -0.149. The fraction of sp³-hybridized carbons (Fsp3) is 0.842. The molecule has 0 aromatic heterocycles. The Morgan fingerprint density at radius 3 is 2.17 bits per heavy atom. The average Bonchev–Trinajstić information content (AvgIpc) is 2.50. The highest BCUT2D eigenvalue weighted by molar-refractivity contribution is 5.90. The summed E-state index contributed by atoms with van der Waals surface area (Å²) in [5.74, 6) is 1.65. The van der Waals surface area contributed by atoms with Crippen LogP contribution in [0.5, 0.6) is 0 Å². The molecule has 24 heavy (non-hydrogen) atoms. The van der Waals surface area contributed by atoms with Gasteiger partial charge in [-0.25, -0.2) is 0 Å². The molecule has 0 heterocycles. The molecule has 5 fully saturated rings. The monoisotopic (exact) mass is 332 g/mol. The van der Waals surface area contributed by atoms with E-state index in [0.29, 0.717) is 30.6 Å². The molecule has 0 aromatic carbocycles. The molecule has 5 nitrogen and oxygen atoms in total. The summed E-state index contributed by atoms with van der Waals surface area (Å²) < 4.78 is 0. The minimum atomic E-state index is -0.685. The van der Waals surface area contributed by atoms with Crippen LogP contribution in [0.3, 0.4) is 0 Å². The van der Waals surface area contributed by atoms with Crippen LogP contribution in [0.2, 0.25) is 0 Å². The first-order valence-corrected chi connectivity index (χ1v) is 9.57. The molecule has 0 radical (unpaired) electrons. The number of Topliss-reactive ketones (excluding diaryl/α,β-unsaturated/α-hetero) is 1. The fourth-order valence-electron chi connectivity index (χ4n) is 6.45. The lowest BCUT2D eigenvalue weighted by Gasteiger charge is -2.56. The van der Waals surface area contributed by atoms with E-state index in [1.54, 1.807) is 0 Å². The lowest BCUT2D eigenvalue weighted by Crippen LogP contribution is -2.58. The van der Waals surface area contributed by atoms with E-state index < -0.39 is 11.9 Å². The van der Waals surface area contributed by atoms with Gasteiger partial charge in [-0.05, 0) is 75.0 Å². The number of nitrogens with one attached hydrogen (secondary N) is 1. The van der Waals surface area contributed by atoms with Gasteiger partial charge in [0.25, 0.3) is 0 Å². The summed E-state index contributed by atoms with van der Waals surface area (Å²) in [5.41, 5.74) is 5.31. The van der Waals surface area contributed by atoms with Crippen molar-refractivity contribution in [1.82, 2.24) is 5.32 Å². The van der Waals surface area contributed by atoms with Gasteiger partial charge in [0.1, 0.15) is 11.8 Å². The third-order valence-corrected chi connectivity index (χ3v) is 7.10. The van der Waals surface area contributed by atoms with E-state index in [2.05, 4.69) is 5.32 Å². The van der Waals surface area contributed by atoms with Crippen LogP contribution in [0.25, 0.3) is 0 Å². The molecule has 5 aliphatic carbocycles. The topological polar surface area (TPSA) is 89.3 Å². The Labute approximate surface area is 143 Å².